The minimum absolute atomic E-state index is 0.0466. The Bertz CT molecular complexity index is 750. The molecular weight excluding hydrogens is 332 g/mol. The van der Waals surface area contributed by atoms with Gasteiger partial charge in [-0.05, 0) is 43.9 Å². The van der Waals surface area contributed by atoms with E-state index in [2.05, 4.69) is 15.0 Å². The van der Waals surface area contributed by atoms with E-state index < -0.39 is 11.9 Å². The van der Waals surface area contributed by atoms with Crippen molar-refractivity contribution >= 4 is 17.4 Å². The summed E-state index contributed by atoms with van der Waals surface area (Å²) in [6.45, 7) is 1.92. The first-order valence-corrected chi connectivity index (χ1v) is 8.66. The molecule has 1 atom stereocenters. The number of aromatic nitrogens is 3. The van der Waals surface area contributed by atoms with Crippen molar-refractivity contribution in [2.24, 2.45) is 0 Å². The number of aryl methyl sites for hydroxylation is 2. The molecule has 2 aromatic heterocycles. The number of hydrogen-bond donors (Lipinski definition) is 2. The Morgan fingerprint density at radius 1 is 1.15 bits per heavy atom. The average Bonchev–Trinajstić information content (AvgIpc) is 2.61. The number of nitrogens with zero attached hydrogens (tertiary/aromatic N) is 3. The van der Waals surface area contributed by atoms with Crippen molar-refractivity contribution in [2.45, 2.75) is 51.4 Å². The normalized spacial score (nSPS) is 11.9. The van der Waals surface area contributed by atoms with E-state index in [-0.39, 0.29) is 18.6 Å². The number of rotatable bonds is 10. The van der Waals surface area contributed by atoms with Crippen LogP contribution in [-0.4, -0.2) is 31.8 Å². The third-order valence-corrected chi connectivity index (χ3v) is 4.21. The summed E-state index contributed by atoms with van der Waals surface area (Å²) in [6, 6.07) is 3.72. The summed E-state index contributed by atoms with van der Waals surface area (Å²) in [5.74, 6) is -1.28. The number of aliphatic carboxylic acids is 1. The molecule has 0 amide bonds. The molecule has 0 radical (unpaired) electrons. The molecule has 0 aromatic carbocycles. The molecule has 0 spiro atoms. The maximum atomic E-state index is 12.3. The molecule has 7 heteroatoms. The zero-order valence-electron chi connectivity index (χ0n) is 14.9. The topological polar surface area (TPSA) is 119 Å². The Kier molecular flexibility index (Phi) is 7.20. The maximum absolute atomic E-state index is 12.3. The zero-order chi connectivity index (χ0) is 18.9. The van der Waals surface area contributed by atoms with E-state index in [4.69, 9.17) is 10.8 Å². The molecule has 7 nitrogen and oxygen atoms in total. The van der Waals surface area contributed by atoms with E-state index in [1.54, 1.807) is 12.4 Å². The number of anilines is 1. The summed E-state index contributed by atoms with van der Waals surface area (Å²) < 4.78 is 0. The number of nitrogen functional groups attached to an aromatic ring is 1. The molecule has 26 heavy (non-hydrogen) atoms. The number of carbonyl (C=O) groups excluding carboxylic acids is 1. The lowest BCUT2D eigenvalue weighted by molar-refractivity contribution is -0.137. The maximum Gasteiger partial charge on any atom is 0.303 e. The SMILES string of the molecule is Cc1ccc(N)c(CCCCC(=O)C[C@@H](CC(=O)O)c2cncnc2)n1. The lowest BCUT2D eigenvalue weighted by atomic mass is 9.91. The smallest absolute Gasteiger partial charge is 0.303 e. The van der Waals surface area contributed by atoms with Crippen LogP contribution in [0.2, 0.25) is 0 Å². The summed E-state index contributed by atoms with van der Waals surface area (Å²) in [7, 11) is 0. The molecule has 138 valence electrons. The van der Waals surface area contributed by atoms with Crippen molar-refractivity contribution in [3.8, 4) is 0 Å². The molecule has 0 aliphatic rings. The van der Waals surface area contributed by atoms with E-state index in [0.717, 1.165) is 30.7 Å². The number of hydrogen-bond acceptors (Lipinski definition) is 6. The summed E-state index contributed by atoms with van der Waals surface area (Å²) >= 11 is 0. The van der Waals surface area contributed by atoms with Crippen molar-refractivity contribution < 1.29 is 14.7 Å². The van der Waals surface area contributed by atoms with Crippen molar-refractivity contribution in [2.75, 3.05) is 5.73 Å². The highest BCUT2D eigenvalue weighted by atomic mass is 16.4. The fraction of sp³-hybridized carbons (Fsp3) is 0.421. The van der Waals surface area contributed by atoms with Crippen LogP contribution in [0.4, 0.5) is 5.69 Å². The standard InChI is InChI=1S/C19H24N4O3/c1-13-6-7-17(20)18(23-13)5-3-2-4-16(24)8-14(9-19(25)26)15-10-21-12-22-11-15/h6-7,10-12,14H,2-5,8-9,20H2,1H3,(H,25,26)/t14-/m0/s1. The van der Waals surface area contributed by atoms with Crippen LogP contribution in [0, 0.1) is 6.92 Å². The summed E-state index contributed by atoms with van der Waals surface area (Å²) in [4.78, 5) is 35.6. The first-order chi connectivity index (χ1) is 12.5. The molecule has 2 heterocycles. The van der Waals surface area contributed by atoms with Gasteiger partial charge in [0.15, 0.2) is 0 Å². The first-order valence-electron chi connectivity index (χ1n) is 8.66. The van der Waals surface area contributed by atoms with Gasteiger partial charge in [-0.2, -0.15) is 0 Å². The highest BCUT2D eigenvalue weighted by molar-refractivity contribution is 5.80. The highest BCUT2D eigenvalue weighted by Crippen LogP contribution is 2.24. The lowest BCUT2D eigenvalue weighted by Crippen LogP contribution is -2.12. The number of carbonyl (C=O) groups is 2. The van der Waals surface area contributed by atoms with E-state index in [1.165, 1.54) is 6.33 Å². The van der Waals surface area contributed by atoms with E-state index in [0.29, 0.717) is 17.7 Å². The largest absolute Gasteiger partial charge is 0.481 e. The fourth-order valence-electron chi connectivity index (χ4n) is 2.85. The second-order valence-electron chi connectivity index (χ2n) is 6.41. The number of carboxylic acid groups (broad SMARTS) is 1. The number of Topliss-reactive ketones (excluding diaryl/α,β-unsaturated/α-hetero) is 1. The minimum Gasteiger partial charge on any atom is -0.481 e. The van der Waals surface area contributed by atoms with Gasteiger partial charge in [-0.15, -0.1) is 0 Å². The Balaban J connectivity index is 1.82. The lowest BCUT2D eigenvalue weighted by Gasteiger charge is -2.13. The summed E-state index contributed by atoms with van der Waals surface area (Å²) in [5.41, 5.74) is 9.05. The Morgan fingerprint density at radius 3 is 2.58 bits per heavy atom. The zero-order valence-corrected chi connectivity index (χ0v) is 14.9. The molecule has 0 bridgehead atoms. The molecule has 0 fully saturated rings. The van der Waals surface area contributed by atoms with Crippen LogP contribution in [0.5, 0.6) is 0 Å². The van der Waals surface area contributed by atoms with Gasteiger partial charge in [-0.25, -0.2) is 9.97 Å². The molecule has 0 aliphatic carbocycles. The van der Waals surface area contributed by atoms with Crippen molar-refractivity contribution in [3.63, 3.8) is 0 Å². The van der Waals surface area contributed by atoms with Crippen molar-refractivity contribution in [1.82, 2.24) is 15.0 Å². The van der Waals surface area contributed by atoms with Gasteiger partial charge in [0.25, 0.3) is 0 Å². The molecular formula is C19H24N4O3. The Morgan fingerprint density at radius 2 is 1.88 bits per heavy atom. The van der Waals surface area contributed by atoms with Gasteiger partial charge < -0.3 is 10.8 Å². The minimum atomic E-state index is -0.937. The highest BCUT2D eigenvalue weighted by Gasteiger charge is 2.19. The predicted molar refractivity (Wildman–Crippen MR) is 97.6 cm³/mol. The molecule has 0 saturated carbocycles. The van der Waals surface area contributed by atoms with Crippen LogP contribution >= 0.6 is 0 Å². The van der Waals surface area contributed by atoms with Gasteiger partial charge in [0, 0.05) is 36.8 Å². The van der Waals surface area contributed by atoms with Crippen LogP contribution in [0.3, 0.4) is 0 Å². The van der Waals surface area contributed by atoms with E-state index >= 15 is 0 Å². The third-order valence-electron chi connectivity index (χ3n) is 4.21. The van der Waals surface area contributed by atoms with Crippen LogP contribution in [0.15, 0.2) is 30.9 Å². The van der Waals surface area contributed by atoms with Gasteiger partial charge in [0.2, 0.25) is 0 Å². The summed E-state index contributed by atoms with van der Waals surface area (Å²) in [6.07, 6.45) is 7.27. The summed E-state index contributed by atoms with van der Waals surface area (Å²) in [5, 5.41) is 9.08. The van der Waals surface area contributed by atoms with E-state index in [1.807, 2.05) is 19.1 Å². The molecule has 0 unspecified atom stereocenters. The number of pyridine rings is 1. The number of unbranched alkanes of at least 4 members (excludes halogenated alkanes) is 1. The second-order valence-corrected chi connectivity index (χ2v) is 6.41. The Labute approximate surface area is 152 Å². The predicted octanol–water partition coefficient (Wildman–Crippen LogP) is 2.69. The quantitative estimate of drug-likeness (QED) is 0.628. The van der Waals surface area contributed by atoms with Crippen molar-refractivity contribution in [3.05, 3.63) is 47.8 Å². The molecule has 0 aliphatic heterocycles. The molecule has 0 saturated heterocycles. The number of carboxylic acids is 1. The van der Waals surface area contributed by atoms with Gasteiger partial charge >= 0.3 is 5.97 Å². The van der Waals surface area contributed by atoms with Gasteiger partial charge in [0.1, 0.15) is 12.1 Å². The van der Waals surface area contributed by atoms with Gasteiger partial charge in [0.05, 0.1) is 17.8 Å². The third kappa shape index (κ3) is 6.23. The van der Waals surface area contributed by atoms with Gasteiger partial charge in [-0.1, -0.05) is 0 Å². The van der Waals surface area contributed by atoms with Crippen molar-refractivity contribution in [1.29, 1.82) is 0 Å². The Hall–Kier alpha value is -2.83. The second kappa shape index (κ2) is 9.60. The van der Waals surface area contributed by atoms with Crippen LogP contribution in [-0.2, 0) is 16.0 Å². The van der Waals surface area contributed by atoms with Gasteiger partial charge in [-0.3, -0.25) is 14.6 Å². The fourth-order valence-corrected chi connectivity index (χ4v) is 2.85. The molecule has 3 N–H and O–H groups in total. The first kappa shape index (κ1) is 19.5. The monoisotopic (exact) mass is 356 g/mol. The molecule has 2 aromatic rings. The van der Waals surface area contributed by atoms with Crippen LogP contribution < -0.4 is 5.73 Å². The molecule has 2 rings (SSSR count). The van der Waals surface area contributed by atoms with Crippen LogP contribution in [0.25, 0.3) is 0 Å². The van der Waals surface area contributed by atoms with E-state index in [9.17, 15) is 9.59 Å². The number of nitrogens with two attached hydrogens (primary N) is 1. The number of ketones is 1. The average molecular weight is 356 g/mol. The van der Waals surface area contributed by atoms with Crippen LogP contribution in [0.1, 0.15) is 55.0 Å².